The second kappa shape index (κ2) is 9.19. The predicted octanol–water partition coefficient (Wildman–Crippen LogP) is 3.30. The molecule has 0 radical (unpaired) electrons. The van der Waals surface area contributed by atoms with E-state index < -0.39 is 18.0 Å². The van der Waals surface area contributed by atoms with Gasteiger partial charge in [0.05, 0.1) is 23.7 Å². The average molecular weight is 396 g/mol. The van der Waals surface area contributed by atoms with Crippen LogP contribution in [0.3, 0.4) is 0 Å². The lowest BCUT2D eigenvalue weighted by molar-refractivity contribution is -0.150. The van der Waals surface area contributed by atoms with Crippen molar-refractivity contribution in [1.29, 1.82) is 5.26 Å². The van der Waals surface area contributed by atoms with Crippen LogP contribution in [-0.2, 0) is 14.3 Å². The molecular weight excluding hydrogens is 368 g/mol. The molecule has 1 aliphatic rings. The van der Waals surface area contributed by atoms with Crippen LogP contribution >= 0.6 is 0 Å². The maximum Gasteiger partial charge on any atom is 0.330 e. The molecule has 1 saturated heterocycles. The Morgan fingerprint density at radius 1 is 1.24 bits per heavy atom. The molecule has 0 unspecified atom stereocenters. The maximum absolute atomic E-state index is 12.8. The predicted molar refractivity (Wildman–Crippen MR) is 110 cm³/mol. The van der Waals surface area contributed by atoms with Gasteiger partial charge in [-0.3, -0.25) is 4.79 Å². The zero-order chi connectivity index (χ0) is 21.0. The summed E-state index contributed by atoms with van der Waals surface area (Å²) in [4.78, 5) is 24.4. The summed E-state index contributed by atoms with van der Waals surface area (Å²) < 4.78 is 10.4. The van der Waals surface area contributed by atoms with Gasteiger partial charge < -0.3 is 14.4 Å². The zero-order valence-electron chi connectivity index (χ0n) is 17.5. The number of nitriles is 1. The molecule has 0 amide bonds. The Labute approximate surface area is 171 Å². The molecule has 1 aromatic carbocycles. The molecule has 1 aliphatic heterocycles. The molecule has 3 rings (SSSR count). The minimum atomic E-state index is -1.14. The van der Waals surface area contributed by atoms with Crippen molar-refractivity contribution in [2.45, 2.75) is 39.2 Å². The van der Waals surface area contributed by atoms with Crippen molar-refractivity contribution >= 4 is 22.8 Å². The lowest BCUT2D eigenvalue weighted by Gasteiger charge is -2.36. The van der Waals surface area contributed by atoms with Crippen LogP contribution in [0.1, 0.15) is 38.8 Å². The molecule has 0 saturated carbocycles. The summed E-state index contributed by atoms with van der Waals surface area (Å²) in [5.41, 5.74) is 1.76. The smallest absolute Gasteiger partial charge is 0.330 e. The fraction of sp³-hybridized carbons (Fsp3) is 0.545. The van der Waals surface area contributed by atoms with Gasteiger partial charge in [-0.05, 0) is 37.3 Å². The SMILES string of the molecule is COC[C@H](C)OC(=O)[C@H](C#N)c1nc2ccccc2nc1N1C[C@H](C)C[C@H](C)C1. The molecule has 4 atom stereocenters. The fourth-order valence-electron chi connectivity index (χ4n) is 4.03. The Bertz CT molecular complexity index is 901. The van der Waals surface area contributed by atoms with Gasteiger partial charge in [0, 0.05) is 20.2 Å². The molecule has 154 valence electrons. The molecule has 7 heteroatoms. The van der Waals surface area contributed by atoms with E-state index in [1.807, 2.05) is 24.3 Å². The normalized spacial score (nSPS) is 21.4. The van der Waals surface area contributed by atoms with E-state index in [4.69, 9.17) is 14.5 Å². The third-order valence-corrected chi connectivity index (χ3v) is 5.10. The molecule has 2 heterocycles. The number of methoxy groups -OCH3 is 1. The van der Waals surface area contributed by atoms with Crippen LogP contribution in [0, 0.1) is 23.2 Å². The second-order valence-corrected chi connectivity index (χ2v) is 8.04. The number of rotatable bonds is 6. The number of anilines is 1. The van der Waals surface area contributed by atoms with E-state index in [2.05, 4.69) is 29.8 Å². The number of carbonyl (C=O) groups is 1. The summed E-state index contributed by atoms with van der Waals surface area (Å²) in [7, 11) is 1.54. The highest BCUT2D eigenvalue weighted by Gasteiger charge is 2.33. The van der Waals surface area contributed by atoms with E-state index in [0.29, 0.717) is 28.9 Å². The van der Waals surface area contributed by atoms with E-state index in [-0.39, 0.29) is 6.61 Å². The first-order chi connectivity index (χ1) is 13.9. The van der Waals surface area contributed by atoms with E-state index in [1.54, 1.807) is 6.92 Å². The van der Waals surface area contributed by atoms with Gasteiger partial charge in [-0.25, -0.2) is 9.97 Å². The number of carbonyl (C=O) groups excluding carboxylic acids is 1. The highest BCUT2D eigenvalue weighted by molar-refractivity contribution is 5.85. The van der Waals surface area contributed by atoms with E-state index in [9.17, 15) is 10.1 Å². The largest absolute Gasteiger partial charge is 0.459 e. The van der Waals surface area contributed by atoms with E-state index >= 15 is 0 Å². The third kappa shape index (κ3) is 4.83. The molecular formula is C22H28N4O3. The van der Waals surface area contributed by atoms with Gasteiger partial charge >= 0.3 is 5.97 Å². The third-order valence-electron chi connectivity index (χ3n) is 5.10. The van der Waals surface area contributed by atoms with Crippen LogP contribution < -0.4 is 4.90 Å². The highest BCUT2D eigenvalue weighted by Crippen LogP contribution is 2.32. The Hall–Kier alpha value is -2.72. The molecule has 0 spiro atoms. The Morgan fingerprint density at radius 2 is 1.86 bits per heavy atom. The summed E-state index contributed by atoms with van der Waals surface area (Å²) in [6.07, 6.45) is 0.695. The first-order valence-electron chi connectivity index (χ1n) is 10.0. The number of hydrogen-bond donors (Lipinski definition) is 0. The number of benzene rings is 1. The minimum absolute atomic E-state index is 0.265. The van der Waals surface area contributed by atoms with E-state index in [0.717, 1.165) is 25.0 Å². The summed E-state index contributed by atoms with van der Waals surface area (Å²) in [6.45, 7) is 8.05. The monoisotopic (exact) mass is 396 g/mol. The van der Waals surface area contributed by atoms with Gasteiger partial charge in [0.1, 0.15) is 11.8 Å². The van der Waals surface area contributed by atoms with Crippen molar-refractivity contribution in [2.24, 2.45) is 11.8 Å². The summed E-state index contributed by atoms with van der Waals surface area (Å²) >= 11 is 0. The van der Waals surface area contributed by atoms with Crippen LogP contribution in [0.25, 0.3) is 11.0 Å². The van der Waals surface area contributed by atoms with Crippen molar-refractivity contribution in [1.82, 2.24) is 9.97 Å². The quantitative estimate of drug-likeness (QED) is 0.692. The van der Waals surface area contributed by atoms with Gasteiger partial charge in [0.15, 0.2) is 11.7 Å². The van der Waals surface area contributed by atoms with Crippen LogP contribution in [0.4, 0.5) is 5.82 Å². The van der Waals surface area contributed by atoms with Crippen molar-refractivity contribution in [2.75, 3.05) is 31.7 Å². The molecule has 2 aromatic rings. The van der Waals surface area contributed by atoms with Crippen molar-refractivity contribution in [3.05, 3.63) is 30.0 Å². The lowest BCUT2D eigenvalue weighted by atomic mass is 9.91. The number of aromatic nitrogens is 2. The van der Waals surface area contributed by atoms with Crippen LogP contribution in [0.5, 0.6) is 0 Å². The van der Waals surface area contributed by atoms with Crippen LogP contribution in [-0.4, -0.2) is 48.8 Å². The summed E-state index contributed by atoms with van der Waals surface area (Å²) in [6, 6.07) is 9.60. The number of esters is 1. The molecule has 0 aliphatic carbocycles. The van der Waals surface area contributed by atoms with Gasteiger partial charge in [-0.2, -0.15) is 5.26 Å². The van der Waals surface area contributed by atoms with Crippen molar-refractivity contribution in [3.8, 4) is 6.07 Å². The standard InChI is InChI=1S/C22H28N4O3/c1-14-9-15(2)12-26(11-14)21-20(24-18-7-5-6-8-19(18)25-21)17(10-23)22(27)29-16(3)13-28-4/h5-8,14-17H,9,11-13H2,1-4H3/t14-,15+,16-,17+/m0/s1. The van der Waals surface area contributed by atoms with Crippen molar-refractivity contribution in [3.63, 3.8) is 0 Å². The maximum atomic E-state index is 12.8. The molecule has 0 N–H and O–H groups in total. The number of para-hydroxylation sites is 2. The molecule has 1 fully saturated rings. The molecule has 7 nitrogen and oxygen atoms in total. The fourth-order valence-corrected chi connectivity index (χ4v) is 4.03. The average Bonchev–Trinajstić information content (AvgIpc) is 2.67. The van der Waals surface area contributed by atoms with Gasteiger partial charge in [0.25, 0.3) is 0 Å². The Morgan fingerprint density at radius 3 is 2.45 bits per heavy atom. The number of fused-ring (bicyclic) bond motifs is 1. The molecule has 0 bridgehead atoms. The summed E-state index contributed by atoms with van der Waals surface area (Å²) in [5, 5.41) is 9.82. The number of hydrogen-bond acceptors (Lipinski definition) is 7. The minimum Gasteiger partial charge on any atom is -0.459 e. The number of nitrogens with zero attached hydrogens (tertiary/aromatic N) is 4. The van der Waals surface area contributed by atoms with Gasteiger partial charge in [-0.15, -0.1) is 0 Å². The van der Waals surface area contributed by atoms with Gasteiger partial charge in [0.2, 0.25) is 0 Å². The van der Waals surface area contributed by atoms with Gasteiger partial charge in [-0.1, -0.05) is 26.0 Å². The molecule has 1 aromatic heterocycles. The Balaban J connectivity index is 2.04. The number of ether oxygens (including phenoxy) is 2. The zero-order valence-corrected chi connectivity index (χ0v) is 17.5. The van der Waals surface area contributed by atoms with Crippen LogP contribution in [0.2, 0.25) is 0 Å². The number of piperidine rings is 1. The first kappa shape index (κ1) is 21.0. The highest BCUT2D eigenvalue weighted by atomic mass is 16.6. The molecule has 29 heavy (non-hydrogen) atoms. The van der Waals surface area contributed by atoms with Crippen molar-refractivity contribution < 1.29 is 14.3 Å². The first-order valence-corrected chi connectivity index (χ1v) is 10.0. The van der Waals surface area contributed by atoms with Crippen LogP contribution in [0.15, 0.2) is 24.3 Å². The second-order valence-electron chi connectivity index (χ2n) is 8.04. The Kier molecular flexibility index (Phi) is 6.65. The lowest BCUT2D eigenvalue weighted by Crippen LogP contribution is -2.40. The topological polar surface area (TPSA) is 88.3 Å². The van der Waals surface area contributed by atoms with E-state index in [1.165, 1.54) is 7.11 Å². The summed E-state index contributed by atoms with van der Waals surface area (Å²) in [5.74, 6) is -0.178.